The van der Waals surface area contributed by atoms with Gasteiger partial charge in [-0.05, 0) is 44.9 Å². The van der Waals surface area contributed by atoms with Gasteiger partial charge < -0.3 is 65.1 Å². The zero-order valence-electron chi connectivity index (χ0n) is 56.0. The maximum atomic E-state index is 13.3. The number of hydrogen-bond acceptors (Lipinski definition) is 13. The van der Waals surface area contributed by atoms with E-state index < -0.39 is 86.8 Å². The highest BCUT2D eigenvalue weighted by atomic mass is 16.7. The maximum absolute atomic E-state index is 13.3. The summed E-state index contributed by atoms with van der Waals surface area (Å²) in [4.78, 5) is 13.3. The molecule has 2 heterocycles. The first-order chi connectivity index (χ1) is 42.6. The van der Waals surface area contributed by atoms with Gasteiger partial charge in [0, 0.05) is 6.42 Å². The fourth-order valence-corrected chi connectivity index (χ4v) is 12.5. The van der Waals surface area contributed by atoms with Crippen molar-refractivity contribution in [2.75, 3.05) is 19.8 Å². The number of aliphatic hydroxyl groups is 8. The van der Waals surface area contributed by atoms with E-state index in [9.17, 15) is 45.6 Å². The van der Waals surface area contributed by atoms with Crippen LogP contribution in [0.1, 0.15) is 341 Å². The quantitative estimate of drug-likeness (QED) is 0.0204. The van der Waals surface area contributed by atoms with Crippen molar-refractivity contribution < 1.29 is 64.6 Å². The van der Waals surface area contributed by atoms with Crippen LogP contribution in [0.15, 0.2) is 24.3 Å². The van der Waals surface area contributed by atoms with Gasteiger partial charge in [-0.25, -0.2) is 0 Å². The monoisotopic (exact) mass is 1240 g/mol. The molecule has 14 heteroatoms. The second-order valence-corrected chi connectivity index (χ2v) is 26.4. The van der Waals surface area contributed by atoms with Gasteiger partial charge in [0.05, 0.1) is 32.0 Å². The van der Waals surface area contributed by atoms with E-state index in [0.717, 1.165) is 38.5 Å². The molecule has 9 N–H and O–H groups in total. The largest absolute Gasteiger partial charge is 0.394 e. The minimum Gasteiger partial charge on any atom is -0.394 e. The topological polar surface area (TPSA) is 228 Å². The van der Waals surface area contributed by atoms with Gasteiger partial charge in [0.15, 0.2) is 12.6 Å². The number of hydrogen-bond donors (Lipinski definition) is 9. The Morgan fingerprint density at radius 3 is 1.09 bits per heavy atom. The first-order valence-electron chi connectivity index (χ1n) is 37.1. The SMILES string of the molecule is CCCCCCCCCC/C=C\CCCCCCCCCCCCCCCCCCCCCCCCCCCCCC(=O)NC(COC1OC(CO)C(OC2OC(CO)C(O)C(O)C2O)C(O)C1O)C(O)/C=C/CCCCCCCCCCCCCC. The van der Waals surface area contributed by atoms with Crippen LogP contribution in [0.2, 0.25) is 0 Å². The molecule has 0 bridgehead atoms. The molecule has 0 saturated carbocycles. The predicted octanol–water partition coefficient (Wildman–Crippen LogP) is 15.5. The molecule has 2 aliphatic heterocycles. The van der Waals surface area contributed by atoms with Gasteiger partial charge in [-0.1, -0.05) is 314 Å². The smallest absolute Gasteiger partial charge is 0.220 e. The maximum Gasteiger partial charge on any atom is 0.220 e. The van der Waals surface area contributed by atoms with E-state index in [4.69, 9.17) is 18.9 Å². The number of carbonyl (C=O) groups excluding carboxylic acids is 1. The Balaban J connectivity index is 1.54. The molecule has 1 amide bonds. The van der Waals surface area contributed by atoms with Crippen LogP contribution in [0.25, 0.3) is 0 Å². The lowest BCUT2D eigenvalue weighted by Crippen LogP contribution is -2.65. The highest BCUT2D eigenvalue weighted by Gasteiger charge is 2.51. The Hall–Kier alpha value is -1.53. The zero-order valence-corrected chi connectivity index (χ0v) is 56.0. The number of aliphatic hydroxyl groups excluding tert-OH is 8. The Bertz CT molecular complexity index is 1550. The fourth-order valence-electron chi connectivity index (χ4n) is 12.5. The molecule has 0 aliphatic carbocycles. The molecule has 0 spiro atoms. The first kappa shape index (κ1) is 81.6. The molecule has 0 aromatic rings. The van der Waals surface area contributed by atoms with Crippen molar-refractivity contribution in [1.29, 1.82) is 0 Å². The van der Waals surface area contributed by atoms with Crippen LogP contribution < -0.4 is 5.32 Å². The molecular formula is C73H139NO13. The Labute approximate surface area is 532 Å². The third-order valence-corrected chi connectivity index (χ3v) is 18.4. The fraction of sp³-hybridized carbons (Fsp3) is 0.932. The molecule has 514 valence electrons. The molecule has 2 aliphatic rings. The summed E-state index contributed by atoms with van der Waals surface area (Å²) in [7, 11) is 0. The van der Waals surface area contributed by atoms with Crippen molar-refractivity contribution in [3.63, 3.8) is 0 Å². The van der Waals surface area contributed by atoms with Crippen LogP contribution >= 0.6 is 0 Å². The molecule has 12 atom stereocenters. The van der Waals surface area contributed by atoms with E-state index in [-0.39, 0.29) is 18.9 Å². The summed E-state index contributed by atoms with van der Waals surface area (Å²) in [5.74, 6) is -0.233. The van der Waals surface area contributed by atoms with Gasteiger partial charge in [0.25, 0.3) is 0 Å². The number of ether oxygens (including phenoxy) is 4. The van der Waals surface area contributed by atoms with Gasteiger partial charge in [0.1, 0.15) is 48.8 Å². The Kier molecular flexibility index (Phi) is 54.7. The van der Waals surface area contributed by atoms with Crippen molar-refractivity contribution in [2.45, 2.75) is 415 Å². The molecule has 0 aromatic carbocycles. The highest BCUT2D eigenvalue weighted by Crippen LogP contribution is 2.30. The number of allylic oxidation sites excluding steroid dienone is 3. The Morgan fingerprint density at radius 2 is 0.724 bits per heavy atom. The minimum absolute atomic E-state index is 0.233. The summed E-state index contributed by atoms with van der Waals surface area (Å²) < 4.78 is 22.8. The van der Waals surface area contributed by atoms with Crippen LogP contribution in [0.4, 0.5) is 0 Å². The van der Waals surface area contributed by atoms with Crippen molar-refractivity contribution >= 4 is 5.91 Å². The zero-order chi connectivity index (χ0) is 63.1. The summed E-state index contributed by atoms with van der Waals surface area (Å²) in [6, 6.07) is -0.911. The van der Waals surface area contributed by atoms with Gasteiger partial charge in [-0.15, -0.1) is 0 Å². The molecule has 0 aromatic heterocycles. The summed E-state index contributed by atoms with van der Waals surface area (Å²) in [5, 5.41) is 87.3. The van der Waals surface area contributed by atoms with E-state index in [1.165, 1.54) is 276 Å². The summed E-state index contributed by atoms with van der Waals surface area (Å²) >= 11 is 0. The molecule has 2 rings (SSSR count). The number of unbranched alkanes of at least 4 members (excludes halogenated alkanes) is 47. The lowest BCUT2D eigenvalue weighted by atomic mass is 9.97. The number of rotatable bonds is 62. The third kappa shape index (κ3) is 42.4. The van der Waals surface area contributed by atoms with Gasteiger partial charge >= 0.3 is 0 Å². The van der Waals surface area contributed by atoms with Gasteiger partial charge in [0.2, 0.25) is 5.91 Å². The predicted molar refractivity (Wildman–Crippen MR) is 355 cm³/mol. The summed E-state index contributed by atoms with van der Waals surface area (Å²) in [5.41, 5.74) is 0. The Morgan fingerprint density at radius 1 is 0.402 bits per heavy atom. The van der Waals surface area contributed by atoms with E-state index in [1.807, 2.05) is 6.08 Å². The molecule has 2 fully saturated rings. The number of nitrogens with one attached hydrogen (secondary N) is 1. The molecule has 0 radical (unpaired) electrons. The molecule has 14 nitrogen and oxygen atoms in total. The van der Waals surface area contributed by atoms with Crippen molar-refractivity contribution in [3.8, 4) is 0 Å². The number of carbonyl (C=O) groups is 1. The molecule has 87 heavy (non-hydrogen) atoms. The minimum atomic E-state index is -1.79. The van der Waals surface area contributed by atoms with E-state index >= 15 is 0 Å². The molecule has 2 saturated heterocycles. The average molecular weight is 1240 g/mol. The van der Waals surface area contributed by atoms with Crippen LogP contribution in [-0.4, -0.2) is 140 Å². The van der Waals surface area contributed by atoms with E-state index in [0.29, 0.717) is 6.42 Å². The van der Waals surface area contributed by atoms with Gasteiger partial charge in [-0.2, -0.15) is 0 Å². The lowest BCUT2D eigenvalue weighted by molar-refractivity contribution is -0.359. The third-order valence-electron chi connectivity index (χ3n) is 18.4. The normalized spacial score (nSPS) is 23.3. The first-order valence-corrected chi connectivity index (χ1v) is 37.1. The summed E-state index contributed by atoms with van der Waals surface area (Å²) in [6.07, 6.45) is 57.0. The van der Waals surface area contributed by atoms with Crippen molar-refractivity contribution in [3.05, 3.63) is 24.3 Å². The average Bonchev–Trinajstić information content (AvgIpc) is 2.05. The second kappa shape index (κ2) is 58.3. The van der Waals surface area contributed by atoms with Crippen LogP contribution in [-0.2, 0) is 23.7 Å². The van der Waals surface area contributed by atoms with Crippen molar-refractivity contribution in [1.82, 2.24) is 5.32 Å². The summed E-state index contributed by atoms with van der Waals surface area (Å²) in [6.45, 7) is 2.83. The molecular weight excluding hydrogens is 1100 g/mol. The van der Waals surface area contributed by atoms with Crippen molar-refractivity contribution in [2.24, 2.45) is 0 Å². The standard InChI is InChI=1S/C73H139NO13/c1-3-5-7-9-11-13-15-17-19-20-21-22-23-24-25-26-27-28-29-30-31-32-33-34-35-36-37-38-39-40-41-42-43-45-47-49-51-53-55-57-65(78)74-61(62(77)56-54-52-50-48-46-44-18-16-14-12-10-8-6-4-2)60-84-72-70(83)68(81)71(64(59-76)86-72)87-73-69(82)67(80)66(79)63(58-75)85-73/h20-21,54,56,61-64,66-73,75-77,79-83H,3-19,22-53,55,57-60H2,1-2H3,(H,74,78)/b21-20-,56-54+. The highest BCUT2D eigenvalue weighted by molar-refractivity contribution is 5.76. The van der Waals surface area contributed by atoms with E-state index in [2.05, 4.69) is 31.3 Å². The van der Waals surface area contributed by atoms with Crippen LogP contribution in [0, 0.1) is 0 Å². The number of amides is 1. The lowest BCUT2D eigenvalue weighted by Gasteiger charge is -2.46. The van der Waals surface area contributed by atoms with E-state index in [1.54, 1.807) is 6.08 Å². The second-order valence-electron chi connectivity index (χ2n) is 26.4. The molecule has 12 unspecified atom stereocenters. The van der Waals surface area contributed by atoms with Crippen LogP contribution in [0.3, 0.4) is 0 Å². The van der Waals surface area contributed by atoms with Gasteiger partial charge in [-0.3, -0.25) is 4.79 Å². The van der Waals surface area contributed by atoms with Crippen LogP contribution in [0.5, 0.6) is 0 Å².